The van der Waals surface area contributed by atoms with Gasteiger partial charge in [0.2, 0.25) is 5.88 Å². The molecule has 0 saturated heterocycles. The van der Waals surface area contributed by atoms with Crippen LogP contribution in [0.15, 0.2) is 22.3 Å². The van der Waals surface area contributed by atoms with E-state index in [2.05, 4.69) is 10.3 Å². The van der Waals surface area contributed by atoms with Gasteiger partial charge in [-0.2, -0.15) is 5.10 Å². The Balaban J connectivity index is 2.30. The first-order valence-electron chi connectivity index (χ1n) is 7.92. The standard InChI is InChI=1S/C17H19N3O5S/c1-9-7-11(15(21)12-8-18-20(3)17(12)22)10(2)14-13(19-25-4)5-6-26(23,24)16(9)14/h7-8,22H,5-6H2,1-4H3. The van der Waals surface area contributed by atoms with Crippen molar-refractivity contribution in [3.05, 3.63) is 40.1 Å². The summed E-state index contributed by atoms with van der Waals surface area (Å²) in [4.78, 5) is 18.0. The van der Waals surface area contributed by atoms with Gasteiger partial charge in [0.05, 0.1) is 22.6 Å². The molecule has 0 spiro atoms. The van der Waals surface area contributed by atoms with Gasteiger partial charge in [0.1, 0.15) is 12.7 Å². The third-order valence-corrected chi connectivity index (χ3v) is 6.42. The highest BCUT2D eigenvalue weighted by atomic mass is 32.2. The Morgan fingerprint density at radius 3 is 2.62 bits per heavy atom. The smallest absolute Gasteiger partial charge is 0.220 e. The quantitative estimate of drug-likeness (QED) is 0.641. The highest BCUT2D eigenvalue weighted by molar-refractivity contribution is 7.91. The molecule has 0 radical (unpaired) electrons. The van der Waals surface area contributed by atoms with Gasteiger partial charge in [-0.05, 0) is 31.0 Å². The molecule has 26 heavy (non-hydrogen) atoms. The van der Waals surface area contributed by atoms with Crippen LogP contribution in [0.2, 0.25) is 0 Å². The van der Waals surface area contributed by atoms with Gasteiger partial charge in [-0.3, -0.25) is 4.79 Å². The summed E-state index contributed by atoms with van der Waals surface area (Å²) < 4.78 is 26.3. The number of rotatable bonds is 3. The second kappa shape index (κ2) is 6.24. The molecule has 0 amide bonds. The molecule has 1 aliphatic heterocycles. The van der Waals surface area contributed by atoms with Crippen LogP contribution in [0.5, 0.6) is 5.88 Å². The fraction of sp³-hybridized carbons (Fsp3) is 0.353. The lowest BCUT2D eigenvalue weighted by molar-refractivity contribution is 0.103. The van der Waals surface area contributed by atoms with E-state index in [1.807, 2.05) is 0 Å². The lowest BCUT2D eigenvalue weighted by Gasteiger charge is -2.23. The van der Waals surface area contributed by atoms with Crippen LogP contribution in [0.4, 0.5) is 0 Å². The zero-order chi connectivity index (χ0) is 19.2. The van der Waals surface area contributed by atoms with Crippen LogP contribution >= 0.6 is 0 Å². The van der Waals surface area contributed by atoms with Crippen LogP contribution in [0, 0.1) is 13.8 Å². The van der Waals surface area contributed by atoms with E-state index >= 15 is 0 Å². The number of carbonyl (C=O) groups excluding carboxylic acids is 1. The molecule has 0 aliphatic carbocycles. The van der Waals surface area contributed by atoms with E-state index in [0.29, 0.717) is 28.0 Å². The molecule has 1 aromatic heterocycles. The summed E-state index contributed by atoms with van der Waals surface area (Å²) >= 11 is 0. The molecule has 0 bridgehead atoms. The molecule has 0 fully saturated rings. The Kier molecular flexibility index (Phi) is 4.35. The van der Waals surface area contributed by atoms with Crippen LogP contribution in [-0.2, 0) is 21.7 Å². The second-order valence-electron chi connectivity index (χ2n) is 6.19. The summed E-state index contributed by atoms with van der Waals surface area (Å²) in [5.74, 6) is -0.735. The number of aryl methyl sites for hydroxylation is 2. The molecule has 138 valence electrons. The first-order valence-corrected chi connectivity index (χ1v) is 9.57. The molecule has 8 nitrogen and oxygen atoms in total. The number of benzene rings is 1. The number of carbonyl (C=O) groups is 1. The molecule has 9 heteroatoms. The molecule has 0 saturated carbocycles. The molecule has 0 atom stereocenters. The van der Waals surface area contributed by atoms with Gasteiger partial charge in [0.15, 0.2) is 15.6 Å². The summed E-state index contributed by atoms with van der Waals surface area (Å²) in [6.07, 6.45) is 1.49. The molecular weight excluding hydrogens is 358 g/mol. The average molecular weight is 377 g/mol. The Morgan fingerprint density at radius 2 is 2.04 bits per heavy atom. The fourth-order valence-corrected chi connectivity index (χ4v) is 5.07. The molecule has 1 N–H and O–H groups in total. The van der Waals surface area contributed by atoms with Crippen LogP contribution in [0.3, 0.4) is 0 Å². The average Bonchev–Trinajstić information content (AvgIpc) is 2.91. The number of oxime groups is 1. The second-order valence-corrected chi connectivity index (χ2v) is 8.24. The minimum absolute atomic E-state index is 0.0545. The normalized spacial score (nSPS) is 17.2. The number of ketones is 1. The van der Waals surface area contributed by atoms with Crippen molar-refractivity contribution in [1.29, 1.82) is 0 Å². The lowest BCUT2D eigenvalue weighted by Crippen LogP contribution is -2.26. The zero-order valence-corrected chi connectivity index (χ0v) is 15.7. The topological polar surface area (TPSA) is 111 Å². The summed E-state index contributed by atoms with van der Waals surface area (Å²) in [6, 6.07) is 1.54. The molecule has 0 unspecified atom stereocenters. The van der Waals surface area contributed by atoms with Crippen molar-refractivity contribution in [2.24, 2.45) is 12.2 Å². The van der Waals surface area contributed by atoms with Crippen molar-refractivity contribution < 1.29 is 23.2 Å². The van der Waals surface area contributed by atoms with Crippen LogP contribution in [0.1, 0.15) is 39.0 Å². The predicted molar refractivity (Wildman–Crippen MR) is 94.4 cm³/mol. The van der Waals surface area contributed by atoms with E-state index in [1.54, 1.807) is 13.8 Å². The number of sulfone groups is 1. The molecule has 1 aromatic carbocycles. The van der Waals surface area contributed by atoms with E-state index in [1.165, 1.54) is 31.1 Å². The number of nitrogens with zero attached hydrogens (tertiary/aromatic N) is 3. The van der Waals surface area contributed by atoms with Gasteiger partial charge >= 0.3 is 0 Å². The van der Waals surface area contributed by atoms with Gasteiger partial charge in [-0.15, -0.1) is 0 Å². The summed E-state index contributed by atoms with van der Waals surface area (Å²) in [5, 5.41) is 17.9. The first-order chi connectivity index (χ1) is 12.2. The first kappa shape index (κ1) is 18.1. The molecule has 2 aromatic rings. The lowest BCUT2D eigenvalue weighted by atomic mass is 9.91. The maximum absolute atomic E-state index is 12.9. The zero-order valence-electron chi connectivity index (χ0n) is 14.9. The van der Waals surface area contributed by atoms with Crippen LogP contribution in [-0.4, -0.2) is 47.7 Å². The number of hydrogen-bond donors (Lipinski definition) is 1. The van der Waals surface area contributed by atoms with Crippen molar-refractivity contribution in [2.75, 3.05) is 12.9 Å². The monoisotopic (exact) mass is 377 g/mol. The van der Waals surface area contributed by atoms with Gasteiger partial charge < -0.3 is 9.94 Å². The van der Waals surface area contributed by atoms with Crippen molar-refractivity contribution in [1.82, 2.24) is 9.78 Å². The SMILES string of the molecule is CON=C1CCS(=O)(=O)c2c(C)cc(C(=O)c3cnn(C)c3O)c(C)c21. The third-order valence-electron chi connectivity index (χ3n) is 4.53. The van der Waals surface area contributed by atoms with Crippen molar-refractivity contribution >= 4 is 21.3 Å². The maximum atomic E-state index is 12.9. The van der Waals surface area contributed by atoms with E-state index in [4.69, 9.17) is 4.84 Å². The Bertz CT molecular complexity index is 1050. The Hall–Kier alpha value is -2.68. The highest BCUT2D eigenvalue weighted by Gasteiger charge is 2.34. The van der Waals surface area contributed by atoms with Gasteiger partial charge in [-0.1, -0.05) is 5.16 Å². The van der Waals surface area contributed by atoms with E-state index in [9.17, 15) is 18.3 Å². The Labute approximate surface area is 151 Å². The van der Waals surface area contributed by atoms with Crippen molar-refractivity contribution in [3.63, 3.8) is 0 Å². The fourth-order valence-electron chi connectivity index (χ4n) is 3.27. The van der Waals surface area contributed by atoms with Gasteiger partial charge in [0, 0.05) is 24.6 Å². The van der Waals surface area contributed by atoms with E-state index in [-0.39, 0.29) is 28.5 Å². The van der Waals surface area contributed by atoms with Crippen molar-refractivity contribution in [3.8, 4) is 5.88 Å². The molecule has 1 aliphatic rings. The predicted octanol–water partition coefficient (Wildman–Crippen LogP) is 1.50. The third kappa shape index (κ3) is 2.68. The minimum atomic E-state index is -3.47. The number of aromatic hydroxyl groups is 1. The molecule has 3 rings (SSSR count). The summed E-state index contributed by atoms with van der Waals surface area (Å²) in [5.41, 5.74) is 2.19. The van der Waals surface area contributed by atoms with Gasteiger partial charge in [-0.25, -0.2) is 13.1 Å². The van der Waals surface area contributed by atoms with E-state index < -0.39 is 15.6 Å². The number of fused-ring (bicyclic) bond motifs is 1. The number of hydrogen-bond acceptors (Lipinski definition) is 7. The summed E-state index contributed by atoms with van der Waals surface area (Å²) in [7, 11) is -0.561. The molecule has 2 heterocycles. The minimum Gasteiger partial charge on any atom is -0.493 e. The van der Waals surface area contributed by atoms with Crippen LogP contribution < -0.4 is 0 Å². The largest absolute Gasteiger partial charge is 0.493 e. The van der Waals surface area contributed by atoms with Crippen molar-refractivity contribution in [2.45, 2.75) is 25.2 Å². The van der Waals surface area contributed by atoms with Gasteiger partial charge in [0.25, 0.3) is 0 Å². The number of aromatic nitrogens is 2. The molecular formula is C17H19N3O5S. The van der Waals surface area contributed by atoms with Crippen LogP contribution in [0.25, 0.3) is 0 Å². The van der Waals surface area contributed by atoms with E-state index in [0.717, 1.165) is 0 Å². The summed E-state index contributed by atoms with van der Waals surface area (Å²) in [6.45, 7) is 3.32. The maximum Gasteiger partial charge on any atom is 0.220 e. The highest BCUT2D eigenvalue weighted by Crippen LogP contribution is 2.34. The Morgan fingerprint density at radius 1 is 1.35 bits per heavy atom.